The number of benzene rings is 2. The van der Waals surface area contributed by atoms with Crippen LogP contribution in [0.4, 0.5) is 10.5 Å². The van der Waals surface area contributed by atoms with Crippen LogP contribution in [0.3, 0.4) is 0 Å². The van der Waals surface area contributed by atoms with Crippen molar-refractivity contribution in [1.82, 2.24) is 9.88 Å². The van der Waals surface area contributed by atoms with Gasteiger partial charge in [-0.2, -0.15) is 0 Å². The number of anilines is 1. The molecule has 1 atom stereocenters. The SMILES string of the molecule is CCC(C)c1ccc(N2C(=O)NC(=O)/C(=C\c3cccn3Cc3ccc(Cl)cc3Cl)C2=O)cc1. The molecule has 0 spiro atoms. The quantitative estimate of drug-likeness (QED) is 0.335. The molecule has 1 saturated heterocycles. The first-order valence-corrected chi connectivity index (χ1v) is 11.6. The van der Waals surface area contributed by atoms with Gasteiger partial charge in [0.05, 0.1) is 5.69 Å². The summed E-state index contributed by atoms with van der Waals surface area (Å²) in [7, 11) is 0. The van der Waals surface area contributed by atoms with Crippen LogP contribution in [0, 0.1) is 0 Å². The van der Waals surface area contributed by atoms with Gasteiger partial charge >= 0.3 is 6.03 Å². The molecule has 1 unspecified atom stereocenters. The van der Waals surface area contributed by atoms with E-state index in [0.29, 0.717) is 33.9 Å². The molecule has 4 amide bonds. The first-order valence-electron chi connectivity index (χ1n) is 10.9. The lowest BCUT2D eigenvalue weighted by Gasteiger charge is -2.26. The number of carbonyl (C=O) groups is 3. The number of rotatable bonds is 6. The zero-order valence-electron chi connectivity index (χ0n) is 18.7. The minimum Gasteiger partial charge on any atom is -0.343 e. The summed E-state index contributed by atoms with van der Waals surface area (Å²) in [6, 6.07) is 15.3. The minimum absolute atomic E-state index is 0.132. The van der Waals surface area contributed by atoms with Gasteiger partial charge in [-0.25, -0.2) is 9.69 Å². The van der Waals surface area contributed by atoms with E-state index < -0.39 is 17.8 Å². The number of carbonyl (C=O) groups excluding carboxylic acids is 3. The topological polar surface area (TPSA) is 71.4 Å². The maximum absolute atomic E-state index is 13.2. The highest BCUT2D eigenvalue weighted by atomic mass is 35.5. The predicted octanol–water partition coefficient (Wildman–Crippen LogP) is 6.02. The number of hydrogen-bond donors (Lipinski definition) is 1. The highest BCUT2D eigenvalue weighted by molar-refractivity contribution is 6.39. The summed E-state index contributed by atoms with van der Waals surface area (Å²) in [4.78, 5) is 39.3. The standard InChI is InChI=1S/C26H23Cl2N3O3/c1-3-16(2)17-7-10-20(11-8-17)31-25(33)22(24(32)29-26(31)34)14-21-5-4-12-30(21)15-18-6-9-19(27)13-23(18)28/h4-14,16H,3,15H2,1-2H3,(H,29,32,34)/b22-14+. The van der Waals surface area contributed by atoms with Crippen molar-refractivity contribution in [1.29, 1.82) is 0 Å². The molecule has 1 aromatic heterocycles. The molecule has 34 heavy (non-hydrogen) atoms. The fraction of sp³-hybridized carbons (Fsp3) is 0.192. The van der Waals surface area contributed by atoms with Gasteiger partial charge in [0.2, 0.25) is 0 Å². The summed E-state index contributed by atoms with van der Waals surface area (Å²) in [5, 5.41) is 3.32. The number of barbiturate groups is 1. The van der Waals surface area contributed by atoms with Crippen LogP contribution in [0.5, 0.6) is 0 Å². The second-order valence-corrected chi connectivity index (χ2v) is 9.00. The van der Waals surface area contributed by atoms with Crippen molar-refractivity contribution in [2.75, 3.05) is 4.90 Å². The van der Waals surface area contributed by atoms with Gasteiger partial charge in [0, 0.05) is 28.5 Å². The molecule has 3 aromatic rings. The summed E-state index contributed by atoms with van der Waals surface area (Å²) in [6.45, 7) is 4.62. The lowest BCUT2D eigenvalue weighted by molar-refractivity contribution is -0.122. The van der Waals surface area contributed by atoms with E-state index in [-0.39, 0.29) is 5.57 Å². The minimum atomic E-state index is -0.772. The van der Waals surface area contributed by atoms with Gasteiger partial charge in [-0.05, 0) is 65.9 Å². The van der Waals surface area contributed by atoms with E-state index in [9.17, 15) is 14.4 Å². The van der Waals surface area contributed by atoms with Gasteiger partial charge in [0.1, 0.15) is 5.57 Å². The molecular weight excluding hydrogens is 473 g/mol. The molecular formula is C26H23Cl2N3O3. The summed E-state index contributed by atoms with van der Waals surface area (Å²) < 4.78 is 1.85. The van der Waals surface area contributed by atoms with Crippen LogP contribution < -0.4 is 10.2 Å². The Bertz CT molecular complexity index is 1290. The van der Waals surface area contributed by atoms with Crippen molar-refractivity contribution in [3.8, 4) is 0 Å². The normalized spacial score (nSPS) is 16.2. The van der Waals surface area contributed by atoms with Crippen LogP contribution in [0.2, 0.25) is 10.0 Å². The average Bonchev–Trinajstić information content (AvgIpc) is 3.25. The number of urea groups is 1. The molecule has 6 nitrogen and oxygen atoms in total. The summed E-state index contributed by atoms with van der Waals surface area (Å²) in [5.41, 5.74) is 2.83. The fourth-order valence-electron chi connectivity index (χ4n) is 3.76. The second-order valence-electron chi connectivity index (χ2n) is 8.16. The molecule has 8 heteroatoms. The fourth-order valence-corrected chi connectivity index (χ4v) is 4.23. The molecule has 4 rings (SSSR count). The van der Waals surface area contributed by atoms with Gasteiger partial charge in [-0.15, -0.1) is 0 Å². The number of nitrogens with zero attached hydrogens (tertiary/aromatic N) is 2. The van der Waals surface area contributed by atoms with Crippen molar-refractivity contribution in [2.24, 2.45) is 0 Å². The number of aromatic nitrogens is 1. The Kier molecular flexibility index (Phi) is 6.91. The summed E-state index contributed by atoms with van der Waals surface area (Å²) >= 11 is 12.3. The Morgan fingerprint density at radius 1 is 1.03 bits per heavy atom. The average molecular weight is 496 g/mol. The molecule has 174 valence electrons. The van der Waals surface area contributed by atoms with Crippen molar-refractivity contribution >= 4 is 52.8 Å². The Morgan fingerprint density at radius 2 is 1.76 bits per heavy atom. The maximum Gasteiger partial charge on any atom is 0.335 e. The van der Waals surface area contributed by atoms with Crippen LogP contribution in [0.1, 0.15) is 43.0 Å². The zero-order chi connectivity index (χ0) is 24.4. The third kappa shape index (κ3) is 4.79. The Hall–Kier alpha value is -3.35. The number of nitrogens with one attached hydrogen (secondary N) is 1. The third-order valence-electron chi connectivity index (χ3n) is 5.95. The van der Waals surface area contributed by atoms with Crippen LogP contribution in [0.25, 0.3) is 6.08 Å². The van der Waals surface area contributed by atoms with Gasteiger partial charge < -0.3 is 4.57 Å². The number of hydrogen-bond acceptors (Lipinski definition) is 3. The maximum atomic E-state index is 13.2. The van der Waals surface area contributed by atoms with Gasteiger partial charge in [-0.1, -0.05) is 55.2 Å². The molecule has 0 saturated carbocycles. The smallest absolute Gasteiger partial charge is 0.335 e. The summed E-state index contributed by atoms with van der Waals surface area (Å²) in [6.07, 6.45) is 4.28. The van der Waals surface area contributed by atoms with E-state index in [0.717, 1.165) is 22.4 Å². The van der Waals surface area contributed by atoms with Crippen molar-refractivity contribution in [3.05, 3.63) is 93.2 Å². The highest BCUT2D eigenvalue weighted by Crippen LogP contribution is 2.26. The van der Waals surface area contributed by atoms with Crippen LogP contribution >= 0.6 is 23.2 Å². The predicted molar refractivity (Wildman–Crippen MR) is 134 cm³/mol. The van der Waals surface area contributed by atoms with E-state index in [1.165, 1.54) is 6.08 Å². The van der Waals surface area contributed by atoms with Crippen LogP contribution in [0.15, 0.2) is 66.4 Å². The molecule has 0 aliphatic carbocycles. The summed E-state index contributed by atoms with van der Waals surface area (Å²) in [5.74, 6) is -1.05. The van der Waals surface area contributed by atoms with Gasteiger partial charge in [0.25, 0.3) is 11.8 Å². The van der Waals surface area contributed by atoms with E-state index in [4.69, 9.17) is 23.2 Å². The lowest BCUT2D eigenvalue weighted by atomic mass is 9.98. The van der Waals surface area contributed by atoms with Crippen LogP contribution in [-0.4, -0.2) is 22.4 Å². The first kappa shape index (κ1) is 23.8. The van der Waals surface area contributed by atoms with E-state index in [2.05, 4.69) is 19.2 Å². The Labute approximate surface area is 207 Å². The van der Waals surface area contributed by atoms with Crippen molar-refractivity contribution in [3.63, 3.8) is 0 Å². The number of amides is 4. The molecule has 1 fully saturated rings. The monoisotopic (exact) mass is 495 g/mol. The van der Waals surface area contributed by atoms with E-state index >= 15 is 0 Å². The highest BCUT2D eigenvalue weighted by Gasteiger charge is 2.37. The molecule has 1 aliphatic rings. The van der Waals surface area contributed by atoms with Gasteiger partial charge in [0.15, 0.2) is 0 Å². The molecule has 1 N–H and O–H groups in total. The Balaban J connectivity index is 1.64. The lowest BCUT2D eigenvalue weighted by Crippen LogP contribution is -2.54. The zero-order valence-corrected chi connectivity index (χ0v) is 20.2. The van der Waals surface area contributed by atoms with E-state index in [1.807, 2.05) is 29.0 Å². The number of imide groups is 2. The largest absolute Gasteiger partial charge is 0.343 e. The van der Waals surface area contributed by atoms with Crippen molar-refractivity contribution < 1.29 is 14.4 Å². The Morgan fingerprint density at radius 3 is 2.44 bits per heavy atom. The van der Waals surface area contributed by atoms with Gasteiger partial charge in [-0.3, -0.25) is 14.9 Å². The first-order chi connectivity index (χ1) is 16.3. The van der Waals surface area contributed by atoms with Crippen molar-refractivity contribution in [2.45, 2.75) is 32.7 Å². The second kappa shape index (κ2) is 9.87. The van der Waals surface area contributed by atoms with E-state index in [1.54, 1.807) is 36.4 Å². The molecule has 0 bridgehead atoms. The molecule has 0 radical (unpaired) electrons. The molecule has 2 heterocycles. The number of halogens is 2. The van der Waals surface area contributed by atoms with Crippen LogP contribution in [-0.2, 0) is 16.1 Å². The molecule has 1 aliphatic heterocycles. The third-order valence-corrected chi connectivity index (χ3v) is 6.53. The molecule has 2 aromatic carbocycles.